The summed E-state index contributed by atoms with van der Waals surface area (Å²) >= 11 is 0. The number of rotatable bonds is 3. The first kappa shape index (κ1) is 14.2. The SMILES string of the molecule is Cn1cccc(C(=O)Nc2cnc(N3CCCC3)nc2)c1=O. The van der Waals surface area contributed by atoms with E-state index in [1.165, 1.54) is 10.6 Å². The van der Waals surface area contributed by atoms with Crippen LogP contribution < -0.4 is 15.8 Å². The average molecular weight is 299 g/mol. The molecule has 0 unspecified atom stereocenters. The first-order chi connectivity index (χ1) is 10.6. The average Bonchev–Trinajstić information content (AvgIpc) is 3.05. The van der Waals surface area contributed by atoms with Gasteiger partial charge in [0.2, 0.25) is 5.95 Å². The second kappa shape index (κ2) is 5.97. The minimum Gasteiger partial charge on any atom is -0.341 e. The van der Waals surface area contributed by atoms with Crippen LogP contribution in [0, 0.1) is 0 Å². The van der Waals surface area contributed by atoms with Gasteiger partial charge in [-0.1, -0.05) is 0 Å². The summed E-state index contributed by atoms with van der Waals surface area (Å²) in [6.45, 7) is 1.93. The highest BCUT2D eigenvalue weighted by Crippen LogP contribution is 2.16. The van der Waals surface area contributed by atoms with Crippen LogP contribution in [-0.4, -0.2) is 33.5 Å². The van der Waals surface area contributed by atoms with E-state index in [0.717, 1.165) is 25.9 Å². The van der Waals surface area contributed by atoms with E-state index in [9.17, 15) is 9.59 Å². The summed E-state index contributed by atoms with van der Waals surface area (Å²) in [4.78, 5) is 34.7. The van der Waals surface area contributed by atoms with Crippen LogP contribution in [0.4, 0.5) is 11.6 Å². The molecule has 7 nitrogen and oxygen atoms in total. The number of aryl methyl sites for hydroxylation is 1. The van der Waals surface area contributed by atoms with Gasteiger partial charge in [-0.05, 0) is 25.0 Å². The van der Waals surface area contributed by atoms with Crippen LogP contribution in [0.3, 0.4) is 0 Å². The number of pyridine rings is 1. The van der Waals surface area contributed by atoms with Crippen molar-refractivity contribution >= 4 is 17.5 Å². The Morgan fingerprint density at radius 2 is 1.91 bits per heavy atom. The Morgan fingerprint density at radius 3 is 2.59 bits per heavy atom. The third kappa shape index (κ3) is 2.83. The van der Waals surface area contributed by atoms with Crippen molar-refractivity contribution in [1.29, 1.82) is 0 Å². The maximum Gasteiger partial charge on any atom is 0.263 e. The highest BCUT2D eigenvalue weighted by atomic mass is 16.2. The van der Waals surface area contributed by atoms with Gasteiger partial charge >= 0.3 is 0 Å². The van der Waals surface area contributed by atoms with Crippen molar-refractivity contribution in [2.24, 2.45) is 7.05 Å². The zero-order chi connectivity index (χ0) is 15.5. The summed E-state index contributed by atoms with van der Waals surface area (Å²) < 4.78 is 1.36. The Morgan fingerprint density at radius 1 is 1.23 bits per heavy atom. The maximum absolute atomic E-state index is 12.1. The number of anilines is 2. The van der Waals surface area contributed by atoms with Crippen LogP contribution in [0.1, 0.15) is 23.2 Å². The van der Waals surface area contributed by atoms with Gasteiger partial charge in [-0.25, -0.2) is 9.97 Å². The summed E-state index contributed by atoms with van der Waals surface area (Å²) in [5.41, 5.74) is 0.224. The molecule has 114 valence electrons. The van der Waals surface area contributed by atoms with Gasteiger partial charge in [0, 0.05) is 26.3 Å². The lowest BCUT2D eigenvalue weighted by atomic mass is 10.2. The highest BCUT2D eigenvalue weighted by molar-refractivity contribution is 6.03. The molecule has 1 aliphatic rings. The normalized spacial score (nSPS) is 14.1. The predicted octanol–water partition coefficient (Wildman–Crippen LogP) is 1.03. The molecule has 0 atom stereocenters. The lowest BCUT2D eigenvalue weighted by molar-refractivity contribution is 0.102. The van der Waals surface area contributed by atoms with E-state index < -0.39 is 5.91 Å². The Hall–Kier alpha value is -2.70. The van der Waals surface area contributed by atoms with Crippen molar-refractivity contribution in [3.63, 3.8) is 0 Å². The minimum atomic E-state index is -0.460. The molecule has 0 aromatic carbocycles. The molecule has 0 bridgehead atoms. The summed E-state index contributed by atoms with van der Waals surface area (Å²) in [5.74, 6) is 0.213. The quantitative estimate of drug-likeness (QED) is 0.915. The summed E-state index contributed by atoms with van der Waals surface area (Å²) in [7, 11) is 1.60. The fourth-order valence-corrected chi connectivity index (χ4v) is 2.43. The Kier molecular flexibility index (Phi) is 3.86. The molecule has 2 aromatic rings. The van der Waals surface area contributed by atoms with Gasteiger partial charge in [-0.3, -0.25) is 9.59 Å². The molecule has 0 radical (unpaired) electrons. The maximum atomic E-state index is 12.1. The molecule has 1 amide bonds. The van der Waals surface area contributed by atoms with E-state index in [-0.39, 0.29) is 11.1 Å². The molecule has 3 heterocycles. The number of carbonyl (C=O) groups is 1. The van der Waals surface area contributed by atoms with E-state index in [2.05, 4.69) is 20.2 Å². The van der Waals surface area contributed by atoms with Gasteiger partial charge in [0.15, 0.2) is 0 Å². The molecule has 1 fully saturated rings. The van der Waals surface area contributed by atoms with Crippen molar-refractivity contribution in [3.05, 3.63) is 46.6 Å². The number of amides is 1. The van der Waals surface area contributed by atoms with Crippen LogP contribution >= 0.6 is 0 Å². The third-order valence-electron chi connectivity index (χ3n) is 3.65. The Labute approximate surface area is 127 Å². The van der Waals surface area contributed by atoms with Crippen molar-refractivity contribution < 1.29 is 4.79 Å². The number of aromatic nitrogens is 3. The van der Waals surface area contributed by atoms with E-state index >= 15 is 0 Å². The predicted molar refractivity (Wildman–Crippen MR) is 83.1 cm³/mol. The highest BCUT2D eigenvalue weighted by Gasteiger charge is 2.15. The van der Waals surface area contributed by atoms with E-state index in [4.69, 9.17) is 0 Å². The topological polar surface area (TPSA) is 80.1 Å². The number of hydrogen-bond donors (Lipinski definition) is 1. The van der Waals surface area contributed by atoms with E-state index in [1.54, 1.807) is 31.7 Å². The van der Waals surface area contributed by atoms with Crippen molar-refractivity contribution in [2.45, 2.75) is 12.8 Å². The Bertz CT molecular complexity index is 732. The fraction of sp³-hybridized carbons (Fsp3) is 0.333. The lowest BCUT2D eigenvalue weighted by Gasteiger charge is -2.14. The molecule has 1 aliphatic heterocycles. The Balaban J connectivity index is 1.74. The number of nitrogens with zero attached hydrogens (tertiary/aromatic N) is 4. The van der Waals surface area contributed by atoms with Crippen LogP contribution in [-0.2, 0) is 7.05 Å². The minimum absolute atomic E-state index is 0.0913. The first-order valence-electron chi connectivity index (χ1n) is 7.19. The first-order valence-corrected chi connectivity index (χ1v) is 7.19. The summed E-state index contributed by atoms with van der Waals surface area (Å²) in [6, 6.07) is 3.15. The smallest absolute Gasteiger partial charge is 0.263 e. The van der Waals surface area contributed by atoms with Gasteiger partial charge < -0.3 is 14.8 Å². The molecule has 1 N–H and O–H groups in total. The van der Waals surface area contributed by atoms with Crippen LogP contribution in [0.5, 0.6) is 0 Å². The van der Waals surface area contributed by atoms with Crippen molar-refractivity contribution in [2.75, 3.05) is 23.3 Å². The molecular formula is C15H17N5O2. The van der Waals surface area contributed by atoms with Gasteiger partial charge in [0.05, 0.1) is 18.1 Å². The standard InChI is InChI=1S/C15H17N5O2/c1-19-6-4-5-12(14(19)22)13(21)18-11-9-16-15(17-10-11)20-7-2-3-8-20/h4-6,9-10H,2-3,7-8H2,1H3,(H,18,21). The van der Waals surface area contributed by atoms with Gasteiger partial charge in [0.1, 0.15) is 5.56 Å². The summed E-state index contributed by atoms with van der Waals surface area (Å²) in [6.07, 6.45) is 7.03. The molecule has 2 aromatic heterocycles. The zero-order valence-corrected chi connectivity index (χ0v) is 12.3. The van der Waals surface area contributed by atoms with Gasteiger partial charge in [-0.15, -0.1) is 0 Å². The lowest BCUT2D eigenvalue weighted by Crippen LogP contribution is -2.27. The molecule has 7 heteroatoms. The molecule has 0 saturated carbocycles. The third-order valence-corrected chi connectivity index (χ3v) is 3.65. The molecule has 22 heavy (non-hydrogen) atoms. The van der Waals surface area contributed by atoms with Crippen molar-refractivity contribution in [3.8, 4) is 0 Å². The van der Waals surface area contributed by atoms with Crippen LogP contribution in [0.15, 0.2) is 35.5 Å². The van der Waals surface area contributed by atoms with Crippen LogP contribution in [0.25, 0.3) is 0 Å². The summed E-state index contributed by atoms with van der Waals surface area (Å²) in [5, 5.41) is 2.65. The van der Waals surface area contributed by atoms with Crippen LogP contribution in [0.2, 0.25) is 0 Å². The monoisotopic (exact) mass is 299 g/mol. The largest absolute Gasteiger partial charge is 0.341 e. The fourth-order valence-electron chi connectivity index (χ4n) is 2.43. The molecule has 0 aliphatic carbocycles. The molecule has 1 saturated heterocycles. The van der Waals surface area contributed by atoms with Gasteiger partial charge in [-0.2, -0.15) is 0 Å². The van der Waals surface area contributed by atoms with E-state index in [0.29, 0.717) is 11.6 Å². The van der Waals surface area contributed by atoms with Crippen molar-refractivity contribution in [1.82, 2.24) is 14.5 Å². The zero-order valence-electron chi connectivity index (χ0n) is 12.3. The molecule has 0 spiro atoms. The van der Waals surface area contributed by atoms with Gasteiger partial charge in [0.25, 0.3) is 11.5 Å². The number of carbonyl (C=O) groups excluding carboxylic acids is 1. The number of hydrogen-bond acceptors (Lipinski definition) is 5. The van der Waals surface area contributed by atoms with E-state index in [1.807, 2.05) is 0 Å². The molecule has 3 rings (SSSR count). The second-order valence-corrected chi connectivity index (χ2v) is 5.26. The number of nitrogens with one attached hydrogen (secondary N) is 1. The second-order valence-electron chi connectivity index (χ2n) is 5.26. The molecular weight excluding hydrogens is 282 g/mol.